The minimum absolute atomic E-state index is 0.575. The average Bonchev–Trinajstić information content (AvgIpc) is 2.49. The molecule has 0 aromatic heterocycles. The van der Waals surface area contributed by atoms with E-state index >= 15 is 0 Å². The van der Waals surface area contributed by atoms with Crippen molar-refractivity contribution in [1.29, 1.82) is 0 Å². The van der Waals surface area contributed by atoms with Crippen LogP contribution >= 0.6 is 0 Å². The Hall–Kier alpha value is -1.75. The second-order valence-electron chi connectivity index (χ2n) is 5.83. The highest BCUT2D eigenvalue weighted by molar-refractivity contribution is 5.74. The third-order valence-electron chi connectivity index (χ3n) is 4.33. The number of aliphatic carboxylic acids is 1. The fourth-order valence-corrected chi connectivity index (χ4v) is 2.66. The lowest BCUT2D eigenvalue weighted by Gasteiger charge is -2.36. The molecule has 2 rings (SSSR count). The van der Waals surface area contributed by atoms with Gasteiger partial charge in [-0.15, -0.1) is 0 Å². The lowest BCUT2D eigenvalue weighted by atomic mass is 9.80. The van der Waals surface area contributed by atoms with Crippen molar-refractivity contribution >= 4 is 5.97 Å². The normalized spacial score (nSPS) is 18.2. The molecule has 0 spiro atoms. The number of hydrogen-bond donors (Lipinski definition) is 1. The van der Waals surface area contributed by atoms with Gasteiger partial charge in [0.05, 0.1) is 19.6 Å². The Bertz CT molecular complexity index is 507. The molecule has 1 fully saturated rings. The van der Waals surface area contributed by atoms with Crippen LogP contribution in [0.5, 0.6) is 11.5 Å². The topological polar surface area (TPSA) is 59.0 Å². The Balaban J connectivity index is 1.99. The first-order chi connectivity index (χ1) is 9.98. The Labute approximate surface area is 125 Å². The van der Waals surface area contributed by atoms with Gasteiger partial charge in [-0.25, -0.2) is 0 Å². The lowest BCUT2D eigenvalue weighted by molar-refractivity contribution is -0.150. The van der Waals surface area contributed by atoms with Crippen LogP contribution in [0.25, 0.3) is 0 Å². The molecule has 0 atom stereocenters. The monoisotopic (exact) mass is 293 g/mol. The highest BCUT2D eigenvalue weighted by Crippen LogP contribution is 2.33. The molecule has 1 saturated heterocycles. The van der Waals surface area contributed by atoms with Crippen LogP contribution in [-0.2, 0) is 11.3 Å². The van der Waals surface area contributed by atoms with Crippen LogP contribution in [0.4, 0.5) is 0 Å². The van der Waals surface area contributed by atoms with Gasteiger partial charge in [0.2, 0.25) is 0 Å². The highest BCUT2D eigenvalue weighted by Gasteiger charge is 2.36. The van der Waals surface area contributed by atoms with Gasteiger partial charge in [0.1, 0.15) is 0 Å². The molecule has 5 heteroatoms. The minimum atomic E-state index is -0.687. The van der Waals surface area contributed by atoms with Gasteiger partial charge in [0.15, 0.2) is 11.5 Å². The quantitative estimate of drug-likeness (QED) is 0.903. The number of nitrogens with zero attached hydrogens (tertiary/aromatic N) is 1. The van der Waals surface area contributed by atoms with Crippen molar-refractivity contribution in [2.75, 3.05) is 27.3 Å². The molecule has 0 radical (unpaired) electrons. The van der Waals surface area contributed by atoms with Crippen molar-refractivity contribution in [3.8, 4) is 11.5 Å². The molecule has 1 aliphatic rings. The Kier molecular flexibility index (Phi) is 4.73. The summed E-state index contributed by atoms with van der Waals surface area (Å²) in [7, 11) is 3.25. The molecule has 0 saturated carbocycles. The average molecular weight is 293 g/mol. The zero-order valence-electron chi connectivity index (χ0n) is 12.9. The summed E-state index contributed by atoms with van der Waals surface area (Å²) in [6.45, 7) is 4.24. The van der Waals surface area contributed by atoms with Crippen LogP contribution in [-0.4, -0.2) is 43.3 Å². The van der Waals surface area contributed by atoms with E-state index in [2.05, 4.69) is 4.90 Å². The van der Waals surface area contributed by atoms with Crippen molar-refractivity contribution in [3.63, 3.8) is 0 Å². The molecule has 0 aliphatic carbocycles. The predicted octanol–water partition coefficient (Wildman–Crippen LogP) is 2.39. The molecule has 1 aliphatic heterocycles. The van der Waals surface area contributed by atoms with Crippen LogP contribution in [0.1, 0.15) is 25.3 Å². The van der Waals surface area contributed by atoms with Crippen molar-refractivity contribution in [3.05, 3.63) is 23.8 Å². The Morgan fingerprint density at radius 1 is 1.24 bits per heavy atom. The largest absolute Gasteiger partial charge is 0.493 e. The van der Waals surface area contributed by atoms with E-state index in [1.54, 1.807) is 14.2 Å². The number of benzene rings is 1. The van der Waals surface area contributed by atoms with E-state index in [1.165, 1.54) is 0 Å². The summed E-state index contributed by atoms with van der Waals surface area (Å²) in [5.74, 6) is 0.758. The number of ether oxygens (including phenoxy) is 2. The summed E-state index contributed by atoms with van der Waals surface area (Å²) in [5.41, 5.74) is 0.570. The molecule has 0 amide bonds. The van der Waals surface area contributed by atoms with Gasteiger partial charge in [-0.2, -0.15) is 0 Å². The Morgan fingerprint density at radius 2 is 1.86 bits per heavy atom. The zero-order chi connectivity index (χ0) is 15.5. The van der Waals surface area contributed by atoms with E-state index in [4.69, 9.17) is 9.47 Å². The summed E-state index contributed by atoms with van der Waals surface area (Å²) < 4.78 is 10.5. The molecule has 1 aromatic carbocycles. The van der Waals surface area contributed by atoms with Crippen molar-refractivity contribution in [1.82, 2.24) is 4.90 Å². The molecular weight excluding hydrogens is 270 g/mol. The summed E-state index contributed by atoms with van der Waals surface area (Å²) >= 11 is 0. The smallest absolute Gasteiger partial charge is 0.309 e. The molecule has 0 unspecified atom stereocenters. The van der Waals surface area contributed by atoms with Gasteiger partial charge < -0.3 is 14.6 Å². The first kappa shape index (κ1) is 15.6. The van der Waals surface area contributed by atoms with Crippen molar-refractivity contribution < 1.29 is 19.4 Å². The standard InChI is InChI=1S/C16H23NO4/c1-16(15(18)19)6-8-17(9-7-16)11-12-4-5-13(20-2)14(10-12)21-3/h4-5,10H,6-9,11H2,1-3H3,(H,18,19). The first-order valence-corrected chi connectivity index (χ1v) is 7.15. The van der Waals surface area contributed by atoms with Gasteiger partial charge in [0, 0.05) is 6.54 Å². The van der Waals surface area contributed by atoms with Crippen molar-refractivity contribution in [2.45, 2.75) is 26.3 Å². The number of likely N-dealkylation sites (tertiary alicyclic amines) is 1. The zero-order valence-corrected chi connectivity index (χ0v) is 12.9. The maximum Gasteiger partial charge on any atom is 0.309 e. The Morgan fingerprint density at radius 3 is 2.38 bits per heavy atom. The van der Waals surface area contributed by atoms with E-state index in [-0.39, 0.29) is 0 Å². The van der Waals surface area contributed by atoms with Gasteiger partial charge in [-0.3, -0.25) is 9.69 Å². The minimum Gasteiger partial charge on any atom is -0.493 e. The van der Waals surface area contributed by atoms with Crippen LogP contribution in [0.15, 0.2) is 18.2 Å². The molecule has 1 heterocycles. The first-order valence-electron chi connectivity index (χ1n) is 7.15. The molecule has 21 heavy (non-hydrogen) atoms. The summed E-state index contributed by atoms with van der Waals surface area (Å²) in [6, 6.07) is 5.90. The van der Waals surface area contributed by atoms with Crippen molar-refractivity contribution in [2.24, 2.45) is 5.41 Å². The second kappa shape index (κ2) is 6.35. The lowest BCUT2D eigenvalue weighted by Crippen LogP contribution is -2.42. The summed E-state index contributed by atoms with van der Waals surface area (Å²) in [4.78, 5) is 13.5. The van der Waals surface area contributed by atoms with E-state index in [1.807, 2.05) is 25.1 Å². The van der Waals surface area contributed by atoms with E-state index in [0.717, 1.165) is 36.7 Å². The van der Waals surface area contributed by atoms with Crippen LogP contribution in [0.3, 0.4) is 0 Å². The number of methoxy groups -OCH3 is 2. The van der Waals surface area contributed by atoms with Gasteiger partial charge in [-0.05, 0) is 50.6 Å². The number of carbonyl (C=O) groups is 1. The fourth-order valence-electron chi connectivity index (χ4n) is 2.66. The van der Waals surface area contributed by atoms with Crippen LogP contribution < -0.4 is 9.47 Å². The predicted molar refractivity (Wildman–Crippen MR) is 79.8 cm³/mol. The molecule has 1 N–H and O–H groups in total. The molecular formula is C16H23NO4. The number of rotatable bonds is 5. The number of piperidine rings is 1. The molecule has 1 aromatic rings. The van der Waals surface area contributed by atoms with Gasteiger partial charge in [0.25, 0.3) is 0 Å². The number of hydrogen-bond acceptors (Lipinski definition) is 4. The van der Waals surface area contributed by atoms with Crippen LogP contribution in [0, 0.1) is 5.41 Å². The van der Waals surface area contributed by atoms with E-state index in [0.29, 0.717) is 12.8 Å². The van der Waals surface area contributed by atoms with E-state index in [9.17, 15) is 9.90 Å². The number of carboxylic acid groups (broad SMARTS) is 1. The van der Waals surface area contributed by atoms with Gasteiger partial charge in [-0.1, -0.05) is 6.07 Å². The van der Waals surface area contributed by atoms with Gasteiger partial charge >= 0.3 is 5.97 Å². The summed E-state index contributed by atoms with van der Waals surface area (Å²) in [6.07, 6.45) is 1.38. The SMILES string of the molecule is COc1ccc(CN2CCC(C)(C(=O)O)CC2)cc1OC. The highest BCUT2D eigenvalue weighted by atomic mass is 16.5. The third kappa shape index (κ3) is 3.47. The maximum absolute atomic E-state index is 11.2. The van der Waals surface area contributed by atoms with Crippen LogP contribution in [0.2, 0.25) is 0 Å². The second-order valence-corrected chi connectivity index (χ2v) is 5.83. The number of carboxylic acids is 1. The summed E-state index contributed by atoms with van der Waals surface area (Å²) in [5, 5.41) is 9.25. The van der Waals surface area contributed by atoms with E-state index < -0.39 is 11.4 Å². The third-order valence-corrected chi connectivity index (χ3v) is 4.33. The molecule has 0 bridgehead atoms. The fraction of sp³-hybridized carbons (Fsp3) is 0.562. The molecule has 5 nitrogen and oxygen atoms in total. The molecule has 116 valence electrons. The maximum atomic E-state index is 11.2.